The second-order valence-electron chi connectivity index (χ2n) is 29.7. The van der Waals surface area contributed by atoms with Crippen LogP contribution in [0.15, 0.2) is 53.5 Å². The van der Waals surface area contributed by atoms with Gasteiger partial charge in [-0.25, -0.2) is 4.99 Å². The lowest BCUT2D eigenvalue weighted by Gasteiger charge is -2.61. The van der Waals surface area contributed by atoms with Gasteiger partial charge in [0.1, 0.15) is 18.3 Å². The lowest BCUT2D eigenvalue weighted by atomic mass is 9.46. The number of rotatable bonds is 8. The Morgan fingerprint density at radius 1 is 0.902 bits per heavy atom. The van der Waals surface area contributed by atoms with E-state index in [0.29, 0.717) is 71.3 Å². The first-order valence-electron chi connectivity index (χ1n) is 34.3. The normalized spacial score (nSPS) is 35.2. The van der Waals surface area contributed by atoms with Gasteiger partial charge in [0.25, 0.3) is 0 Å². The molecule has 11 aliphatic rings. The van der Waals surface area contributed by atoms with Gasteiger partial charge < -0.3 is 66.0 Å². The van der Waals surface area contributed by atoms with Crippen molar-refractivity contribution in [2.24, 2.45) is 67.9 Å². The van der Waals surface area contributed by atoms with Gasteiger partial charge in [-0.1, -0.05) is 102 Å². The van der Waals surface area contributed by atoms with Crippen molar-refractivity contribution < 1.29 is 54.4 Å². The molecule has 0 aromatic heterocycles. The van der Waals surface area contributed by atoms with Crippen molar-refractivity contribution in [2.45, 2.75) is 191 Å². The summed E-state index contributed by atoms with van der Waals surface area (Å²) in [5.74, 6) is 17.4. The Kier molecular flexibility index (Phi) is 19.1. The summed E-state index contributed by atoms with van der Waals surface area (Å²) in [6.07, 6.45) is 18.4. The van der Waals surface area contributed by atoms with Gasteiger partial charge in [-0.15, -0.1) is 0 Å². The largest absolute Gasteiger partial charge is 0.508 e. The highest BCUT2D eigenvalue weighted by Crippen LogP contribution is 2.77. The van der Waals surface area contributed by atoms with Crippen molar-refractivity contribution in [3.05, 3.63) is 87.5 Å². The number of ketones is 1. The van der Waals surface area contributed by atoms with Crippen molar-refractivity contribution in [3.8, 4) is 52.4 Å². The van der Waals surface area contributed by atoms with Crippen molar-refractivity contribution in [1.29, 1.82) is 0 Å². The summed E-state index contributed by atoms with van der Waals surface area (Å²) in [4.78, 5) is 18.8. The first-order valence-corrected chi connectivity index (χ1v) is 36.8. The van der Waals surface area contributed by atoms with Crippen LogP contribution in [-0.4, -0.2) is 131 Å². The number of methoxy groups -OCH3 is 1. The van der Waals surface area contributed by atoms with Gasteiger partial charge in [0.15, 0.2) is 35.8 Å². The highest BCUT2D eigenvalue weighted by atomic mass is 33.1. The number of aliphatic hydroxyl groups excluding tert-OH is 4. The summed E-state index contributed by atoms with van der Waals surface area (Å²) < 4.78 is 26.5. The molecule has 7 aliphatic carbocycles. The van der Waals surface area contributed by atoms with E-state index in [-0.39, 0.29) is 120 Å². The first kappa shape index (κ1) is 65.5. The van der Waals surface area contributed by atoms with Crippen LogP contribution in [0.5, 0.6) is 28.7 Å². The molecule has 15 atom stereocenters. The Morgan fingerprint density at radius 2 is 1.72 bits per heavy atom. The molecule has 92 heavy (non-hydrogen) atoms. The van der Waals surface area contributed by atoms with Crippen LogP contribution in [0.2, 0.25) is 0 Å². The van der Waals surface area contributed by atoms with E-state index in [9.17, 15) is 35.4 Å². The number of ether oxygens (including phenoxy) is 4. The minimum atomic E-state index is -1.30. The number of hydrogen-bond donors (Lipinski definition) is 10. The van der Waals surface area contributed by atoms with Crippen molar-refractivity contribution in [3.63, 3.8) is 0 Å². The summed E-state index contributed by atoms with van der Waals surface area (Å²) in [7, 11) is 7.32. The summed E-state index contributed by atoms with van der Waals surface area (Å²) in [5, 5.41) is 79.7. The Labute approximate surface area is 551 Å². The molecule has 14 rings (SSSR count). The average Bonchev–Trinajstić information content (AvgIpc) is 1.48. The van der Waals surface area contributed by atoms with E-state index in [1.807, 2.05) is 19.2 Å². The third-order valence-corrected chi connectivity index (χ3v) is 26.9. The number of nitrogens with two attached hydrogens (primary N) is 1. The van der Waals surface area contributed by atoms with Gasteiger partial charge in [0.05, 0.1) is 41.9 Å². The lowest BCUT2D eigenvalue weighted by molar-refractivity contribution is -0.121. The van der Waals surface area contributed by atoms with E-state index in [0.717, 1.165) is 81.2 Å². The fourth-order valence-corrected chi connectivity index (χ4v) is 22.9. The van der Waals surface area contributed by atoms with Crippen LogP contribution in [-0.2, 0) is 41.6 Å². The van der Waals surface area contributed by atoms with Gasteiger partial charge in [0.2, 0.25) is 6.29 Å². The smallest absolute Gasteiger partial charge is 0.201 e. The zero-order chi connectivity index (χ0) is 64.2. The number of nitrogens with one attached hydrogen (secondary N) is 3. The highest BCUT2D eigenvalue weighted by molar-refractivity contribution is 8.76. The van der Waals surface area contributed by atoms with Gasteiger partial charge >= 0.3 is 0 Å². The fraction of sp³-hybridized carbons (Fsp3) is 0.649. The van der Waals surface area contributed by atoms with E-state index in [4.69, 9.17) is 29.7 Å². The van der Waals surface area contributed by atoms with E-state index in [1.165, 1.54) is 42.9 Å². The van der Waals surface area contributed by atoms with Crippen LogP contribution in [0.3, 0.4) is 0 Å². The average molecular weight is 1300 g/mol. The number of aryl methyl sites for hydroxylation is 2. The topological polar surface area (TPSA) is 250 Å². The van der Waals surface area contributed by atoms with Gasteiger partial charge in [-0.2, -0.15) is 0 Å². The van der Waals surface area contributed by atoms with Crippen LogP contribution >= 0.6 is 21.6 Å². The van der Waals surface area contributed by atoms with Crippen molar-refractivity contribution >= 4 is 33.3 Å². The Bertz CT molecular complexity index is 3440. The van der Waals surface area contributed by atoms with Crippen molar-refractivity contribution in [1.82, 2.24) is 16.0 Å². The summed E-state index contributed by atoms with van der Waals surface area (Å²) >= 11 is 0. The number of guanidine groups is 1. The number of carbonyl (C=O) groups is 1. The molecular weight excluding hydrogens is 1200 g/mol. The minimum absolute atomic E-state index is 0.00657. The molecular formula is C74H97N5O11S2. The number of allylic oxidation sites excluding steroid dienone is 1. The SMILES string of the molecule is CNC[C@@H]1CC[C@@]2(Cc3ccc(O)cc31)CC1(CCCC1)[C@@]1(CC[C@H]3C[C@@H]([C@H](CO)OC)[C@H]4C=C[C@]5(C#C[C@H]6NC(N)=N[C@H](C(C)C)CSSC[C@H]6[C@@H]6Cc7c8cc(c(c7O[C@@H]6O)OCN[C@]35C1)CC#Cc1c(ccc(O)c1OCO)CCC(=O)C[C@H](O)CC8)C4)C2. The van der Waals surface area contributed by atoms with Crippen LogP contribution < -0.4 is 35.9 Å². The van der Waals surface area contributed by atoms with Crippen LogP contribution in [0.1, 0.15) is 161 Å². The number of Topliss-reactive ketones (excluding diaryl/α,β-unsaturated/α-hetero) is 1. The molecule has 0 radical (unpaired) electrons. The third kappa shape index (κ3) is 12.1. The van der Waals surface area contributed by atoms with Gasteiger partial charge in [-0.3, -0.25) is 10.1 Å². The number of carbonyl (C=O) groups excluding carboxylic acids is 1. The second kappa shape index (κ2) is 26.8. The number of aliphatic hydroxyl groups is 4. The predicted octanol–water partition coefficient (Wildman–Crippen LogP) is 9.14. The van der Waals surface area contributed by atoms with Gasteiger partial charge in [-0.05, 0) is 196 Å². The van der Waals surface area contributed by atoms with Crippen LogP contribution in [0, 0.1) is 80.8 Å². The summed E-state index contributed by atoms with van der Waals surface area (Å²) in [5.41, 5.74) is 11.8. The number of phenols is 2. The quantitative estimate of drug-likeness (QED) is 0.0437. The van der Waals surface area contributed by atoms with Crippen LogP contribution in [0.4, 0.5) is 0 Å². The number of nitrogens with zero attached hydrogens (tertiary/aromatic N) is 1. The monoisotopic (exact) mass is 1300 g/mol. The highest BCUT2D eigenvalue weighted by Gasteiger charge is 2.71. The maximum atomic E-state index is 13.6. The molecule has 5 spiro atoms. The zero-order valence-electron chi connectivity index (χ0n) is 54.2. The summed E-state index contributed by atoms with van der Waals surface area (Å²) in [6, 6.07) is 10.9. The van der Waals surface area contributed by atoms with Crippen LogP contribution in [0.25, 0.3) is 0 Å². The first-order chi connectivity index (χ1) is 44.5. The fourth-order valence-electron chi connectivity index (χ4n) is 20.0. The standard InChI is InChI=1S/C74H97N5O11S2/c1-44(2)62-38-92-91-37-60-59-32-58-46-11-15-53(83)30-52(82)14-10-45-13-17-63(85)66(89-43-81)55(45)9-7-8-47(28-46)65(67(58)90-68(59)86)88-42-77-74-41-73(40-70(39-72(73)22-5-6-23-72)24-18-50(35-76-3)56-31-54(84)16-12-48(56)33-70)26-20-51(74)29-57(64(36-80)87-4)49-19-25-71(74,34-49)27-21-61(60)78-69(75)79-62/h12-13,16-17,19,25,28,31,44,49-51,53,57,59-62,64,68,76-77,80-81,83-86H,5-6,8,10-11,14-15,18,20,22-24,26,29-30,32-43H2,1-4H3,(H3,75,78,79)/t49-,50-,51-,53+,57+,59-,60-,61+,62-,64-,68-,70+,71-,73-,74+/m0/s1. The number of phenolic OH excluding ortho intramolecular Hbond substituents is 2. The lowest BCUT2D eigenvalue weighted by Crippen LogP contribution is -2.67. The molecule has 0 amide bonds. The molecule has 4 saturated carbocycles. The maximum absolute atomic E-state index is 13.6. The molecule has 3 aromatic rings. The maximum Gasteiger partial charge on any atom is 0.201 e. The molecule has 4 heterocycles. The molecule has 0 unspecified atom stereocenters. The molecule has 3 aromatic carbocycles. The Morgan fingerprint density at radius 3 is 2.51 bits per heavy atom. The van der Waals surface area contributed by atoms with E-state index >= 15 is 0 Å². The Hall–Kier alpha value is -5.12. The molecule has 8 bridgehead atoms. The third-order valence-electron chi connectivity index (χ3n) is 24.4. The number of hydrogen-bond acceptors (Lipinski definition) is 18. The molecule has 0 saturated heterocycles. The number of aromatic hydroxyl groups is 2. The Balaban J connectivity index is 1.01. The zero-order valence-corrected chi connectivity index (χ0v) is 55.8. The number of likely N-dealkylation sites (N-methyl/N-ethyl adjacent to an activating group) is 1. The predicted molar refractivity (Wildman–Crippen MR) is 359 cm³/mol. The van der Waals surface area contributed by atoms with Crippen molar-refractivity contribution in [2.75, 3.05) is 52.3 Å². The number of benzene rings is 3. The molecule has 11 N–H and O–H groups in total. The van der Waals surface area contributed by atoms with E-state index in [2.05, 4.69) is 77.8 Å². The molecule has 18 heteroatoms. The summed E-state index contributed by atoms with van der Waals surface area (Å²) in [6.45, 7) is 4.47. The molecule has 4 aliphatic heterocycles. The number of aliphatic imine (C=N–C) groups is 1. The van der Waals surface area contributed by atoms with E-state index in [1.54, 1.807) is 34.8 Å². The minimum Gasteiger partial charge on any atom is -0.508 e. The number of fused-ring (bicyclic) bond motifs is 9. The molecule has 16 nitrogen and oxygen atoms in total. The second-order valence-corrected chi connectivity index (χ2v) is 32.2. The van der Waals surface area contributed by atoms with E-state index < -0.39 is 42.1 Å². The molecule has 496 valence electrons. The molecule has 4 fully saturated rings. The van der Waals surface area contributed by atoms with Gasteiger partial charge in [0, 0.05) is 72.9 Å².